The number of Topliss-reactive ketones (excluding diaryl/α,β-unsaturated/α-hetero) is 1. The van der Waals surface area contributed by atoms with Gasteiger partial charge in [-0.2, -0.15) is 11.8 Å². The van der Waals surface area contributed by atoms with Gasteiger partial charge >= 0.3 is 0 Å². The molecule has 1 aliphatic rings. The Balaban J connectivity index is 2.18. The van der Waals surface area contributed by atoms with Crippen LogP contribution in [0.15, 0.2) is 0 Å². The normalized spacial score (nSPS) is 23.4. The predicted molar refractivity (Wildman–Crippen MR) is 53.7 cm³/mol. The number of ketones is 1. The summed E-state index contributed by atoms with van der Waals surface area (Å²) in [5.74, 6) is 1.63. The predicted octanol–water partition coefficient (Wildman–Crippen LogP) is 1.40. The molecule has 1 saturated heterocycles. The van der Waals surface area contributed by atoms with E-state index in [9.17, 15) is 4.79 Å². The molecule has 0 aromatic heterocycles. The van der Waals surface area contributed by atoms with Gasteiger partial charge in [-0.1, -0.05) is 0 Å². The fraction of sp³-hybridized carbons (Fsp3) is 0.889. The van der Waals surface area contributed by atoms with Gasteiger partial charge < -0.3 is 4.90 Å². The van der Waals surface area contributed by atoms with Crippen LogP contribution in [-0.4, -0.2) is 42.3 Å². The van der Waals surface area contributed by atoms with Gasteiger partial charge in [0.2, 0.25) is 0 Å². The molecule has 0 aliphatic carbocycles. The summed E-state index contributed by atoms with van der Waals surface area (Å²) in [6, 6.07) is 0. The molecule has 70 valence electrons. The summed E-state index contributed by atoms with van der Waals surface area (Å²) >= 11 is 1.83. The number of hydrogen-bond acceptors (Lipinski definition) is 3. The van der Waals surface area contributed by atoms with Crippen LogP contribution >= 0.6 is 11.8 Å². The fourth-order valence-corrected chi connectivity index (χ4v) is 2.58. The minimum absolute atomic E-state index is 0.324. The van der Waals surface area contributed by atoms with Crippen molar-refractivity contribution in [2.24, 2.45) is 0 Å². The SMILES string of the molecule is CN(C)CCC(=O)[C@H]1CCCS1. The molecule has 0 bridgehead atoms. The number of carbonyl (C=O) groups is 1. The van der Waals surface area contributed by atoms with Crippen molar-refractivity contribution in [3.8, 4) is 0 Å². The van der Waals surface area contributed by atoms with Gasteiger partial charge in [-0.05, 0) is 32.7 Å². The molecule has 3 heteroatoms. The molecule has 0 amide bonds. The zero-order valence-corrected chi connectivity index (χ0v) is 8.69. The van der Waals surface area contributed by atoms with Gasteiger partial charge in [0.15, 0.2) is 0 Å². The molecular formula is C9H17NOS. The Bertz CT molecular complexity index is 153. The Hall–Kier alpha value is -0.0200. The van der Waals surface area contributed by atoms with Crippen LogP contribution in [0.2, 0.25) is 0 Å². The molecule has 1 aliphatic heterocycles. The van der Waals surface area contributed by atoms with Crippen molar-refractivity contribution >= 4 is 17.5 Å². The molecule has 0 aromatic carbocycles. The van der Waals surface area contributed by atoms with Crippen molar-refractivity contribution in [3.05, 3.63) is 0 Å². The van der Waals surface area contributed by atoms with Crippen LogP contribution in [0.25, 0.3) is 0 Å². The number of nitrogens with zero attached hydrogens (tertiary/aromatic N) is 1. The van der Waals surface area contributed by atoms with Gasteiger partial charge in [-0.3, -0.25) is 4.79 Å². The van der Waals surface area contributed by atoms with Crippen molar-refractivity contribution in [1.29, 1.82) is 0 Å². The van der Waals surface area contributed by atoms with Crippen LogP contribution in [-0.2, 0) is 4.79 Å². The standard InChI is InChI=1S/C9H17NOS/c1-10(2)6-5-8(11)9-4-3-7-12-9/h9H,3-7H2,1-2H3/t9-/m1/s1. The lowest BCUT2D eigenvalue weighted by molar-refractivity contribution is -0.118. The first-order valence-corrected chi connectivity index (χ1v) is 5.54. The average molecular weight is 187 g/mol. The van der Waals surface area contributed by atoms with Crippen LogP contribution < -0.4 is 0 Å². The summed E-state index contributed by atoms with van der Waals surface area (Å²) in [7, 11) is 4.02. The zero-order valence-electron chi connectivity index (χ0n) is 7.88. The van der Waals surface area contributed by atoms with E-state index in [0.717, 1.165) is 19.4 Å². The molecule has 0 unspecified atom stereocenters. The van der Waals surface area contributed by atoms with Crippen molar-refractivity contribution in [2.45, 2.75) is 24.5 Å². The molecule has 0 spiro atoms. The summed E-state index contributed by atoms with van der Waals surface area (Å²) in [6.45, 7) is 0.899. The van der Waals surface area contributed by atoms with Crippen molar-refractivity contribution in [3.63, 3.8) is 0 Å². The van der Waals surface area contributed by atoms with Gasteiger partial charge in [-0.15, -0.1) is 0 Å². The maximum absolute atomic E-state index is 11.5. The molecule has 0 N–H and O–H groups in total. The number of hydrogen-bond donors (Lipinski definition) is 0. The quantitative estimate of drug-likeness (QED) is 0.663. The van der Waals surface area contributed by atoms with E-state index < -0.39 is 0 Å². The van der Waals surface area contributed by atoms with Crippen LogP contribution in [0.3, 0.4) is 0 Å². The highest BCUT2D eigenvalue weighted by molar-refractivity contribution is 8.00. The van der Waals surface area contributed by atoms with Crippen LogP contribution in [0.5, 0.6) is 0 Å². The van der Waals surface area contributed by atoms with Gasteiger partial charge in [0.25, 0.3) is 0 Å². The molecule has 0 saturated carbocycles. The summed E-state index contributed by atoms with van der Waals surface area (Å²) in [5.41, 5.74) is 0. The van der Waals surface area contributed by atoms with E-state index in [1.807, 2.05) is 25.9 Å². The van der Waals surface area contributed by atoms with E-state index in [-0.39, 0.29) is 0 Å². The van der Waals surface area contributed by atoms with Gasteiger partial charge in [0.1, 0.15) is 5.78 Å². The summed E-state index contributed by atoms with van der Waals surface area (Å²) in [4.78, 5) is 13.6. The van der Waals surface area contributed by atoms with Crippen molar-refractivity contribution in [1.82, 2.24) is 4.90 Å². The molecular weight excluding hydrogens is 170 g/mol. The van der Waals surface area contributed by atoms with Gasteiger partial charge in [0.05, 0.1) is 5.25 Å². The molecule has 1 heterocycles. The molecule has 12 heavy (non-hydrogen) atoms. The lowest BCUT2D eigenvalue weighted by Crippen LogP contribution is -2.21. The Morgan fingerprint density at radius 3 is 2.83 bits per heavy atom. The molecule has 1 atom stereocenters. The molecule has 1 rings (SSSR count). The average Bonchev–Trinajstić information content (AvgIpc) is 2.51. The minimum Gasteiger partial charge on any atom is -0.309 e. The maximum atomic E-state index is 11.5. The highest BCUT2D eigenvalue weighted by Gasteiger charge is 2.22. The summed E-state index contributed by atoms with van der Waals surface area (Å²) in [5, 5.41) is 0.324. The monoisotopic (exact) mass is 187 g/mol. The summed E-state index contributed by atoms with van der Waals surface area (Å²) < 4.78 is 0. The third-order valence-corrected chi connectivity index (χ3v) is 3.52. The zero-order chi connectivity index (χ0) is 8.97. The van der Waals surface area contributed by atoms with E-state index >= 15 is 0 Å². The first kappa shape index (κ1) is 10.1. The van der Waals surface area contributed by atoms with E-state index in [4.69, 9.17) is 0 Å². The lowest BCUT2D eigenvalue weighted by atomic mass is 10.1. The first-order valence-electron chi connectivity index (χ1n) is 4.49. The minimum atomic E-state index is 0.324. The number of carbonyl (C=O) groups excluding carboxylic acids is 1. The highest BCUT2D eigenvalue weighted by atomic mass is 32.2. The molecule has 1 fully saturated rings. The topological polar surface area (TPSA) is 20.3 Å². The Morgan fingerprint density at radius 2 is 2.33 bits per heavy atom. The Morgan fingerprint density at radius 1 is 1.58 bits per heavy atom. The second-order valence-electron chi connectivity index (χ2n) is 3.52. The second kappa shape index (κ2) is 4.87. The maximum Gasteiger partial charge on any atom is 0.147 e. The number of thioether (sulfide) groups is 1. The molecule has 0 radical (unpaired) electrons. The van der Waals surface area contributed by atoms with Gasteiger partial charge in [-0.25, -0.2) is 0 Å². The number of rotatable bonds is 4. The van der Waals surface area contributed by atoms with Crippen molar-refractivity contribution in [2.75, 3.05) is 26.4 Å². The summed E-state index contributed by atoms with van der Waals surface area (Å²) in [6.07, 6.45) is 3.06. The van der Waals surface area contributed by atoms with Crippen LogP contribution in [0.1, 0.15) is 19.3 Å². The van der Waals surface area contributed by atoms with E-state index in [1.54, 1.807) is 0 Å². The van der Waals surface area contributed by atoms with E-state index in [1.165, 1.54) is 12.2 Å². The highest BCUT2D eigenvalue weighted by Crippen LogP contribution is 2.27. The lowest BCUT2D eigenvalue weighted by Gasteiger charge is -2.11. The third kappa shape index (κ3) is 3.15. The molecule has 0 aromatic rings. The Kier molecular flexibility index (Phi) is 4.09. The molecule has 2 nitrogen and oxygen atoms in total. The van der Waals surface area contributed by atoms with Gasteiger partial charge in [0, 0.05) is 13.0 Å². The third-order valence-electron chi connectivity index (χ3n) is 2.09. The first-order chi connectivity index (χ1) is 5.70. The van der Waals surface area contributed by atoms with Crippen molar-refractivity contribution < 1.29 is 4.79 Å². The van der Waals surface area contributed by atoms with E-state index in [2.05, 4.69) is 4.90 Å². The van der Waals surface area contributed by atoms with Crippen LogP contribution in [0.4, 0.5) is 0 Å². The largest absolute Gasteiger partial charge is 0.309 e. The van der Waals surface area contributed by atoms with Crippen LogP contribution in [0, 0.1) is 0 Å². The fourth-order valence-electron chi connectivity index (χ4n) is 1.33. The van der Waals surface area contributed by atoms with E-state index in [0.29, 0.717) is 11.0 Å². The second-order valence-corrected chi connectivity index (χ2v) is 4.83. The smallest absolute Gasteiger partial charge is 0.147 e. The Labute approximate surface area is 78.7 Å².